The van der Waals surface area contributed by atoms with Gasteiger partial charge in [-0.2, -0.15) is 0 Å². The summed E-state index contributed by atoms with van der Waals surface area (Å²) in [4.78, 5) is 0. The van der Waals surface area contributed by atoms with Crippen molar-refractivity contribution < 1.29 is 20.1 Å². The second-order valence-corrected chi connectivity index (χ2v) is 23.4. The highest BCUT2D eigenvalue weighted by molar-refractivity contribution is 5.62. The minimum atomic E-state index is -0.258. The fourth-order valence-corrected chi connectivity index (χ4v) is 8.54. The molecule has 0 aliphatic carbocycles. The summed E-state index contributed by atoms with van der Waals surface area (Å²) in [6, 6.07) is 13.2. The third-order valence-corrected chi connectivity index (χ3v) is 12.1. The maximum Gasteiger partial charge on any atom is 0.126 e. The van der Waals surface area contributed by atoms with E-state index in [4.69, 9.17) is 4.74 Å². The summed E-state index contributed by atoms with van der Waals surface area (Å²) in [6.07, 6.45) is 1.96. The van der Waals surface area contributed by atoms with Gasteiger partial charge in [-0.3, -0.25) is 0 Å². The standard InChI is InChI=1S/C54H78O4/c1-31-36(22-33-25-39(49(3,4)5)45(55)40(26-33)50(6,7)8)32(2)38(24-35-29-43(53(15,16)17)47(57)44(30-35)54(18,19)20)48(58-21)37(31)23-34-27-41(51(9,10)11)46(56)42(28-34)52(12,13)14/h25-30,55-57H,22-24H2,1-21H3. The Morgan fingerprint density at radius 1 is 0.362 bits per heavy atom. The van der Waals surface area contributed by atoms with Crippen molar-refractivity contribution >= 4 is 0 Å². The van der Waals surface area contributed by atoms with E-state index in [-0.39, 0.29) is 32.5 Å². The molecule has 4 aromatic carbocycles. The Bertz CT molecular complexity index is 1960. The Labute approximate surface area is 353 Å². The number of aromatic hydroxyl groups is 3. The molecule has 0 saturated heterocycles. The van der Waals surface area contributed by atoms with Gasteiger partial charge in [-0.25, -0.2) is 0 Å². The number of hydrogen-bond donors (Lipinski definition) is 3. The first-order chi connectivity index (χ1) is 26.1. The van der Waals surface area contributed by atoms with Gasteiger partial charge in [0, 0.05) is 24.0 Å². The third-order valence-electron chi connectivity index (χ3n) is 12.1. The number of phenolic OH excluding ortho intramolecular Hbond substituents is 3. The van der Waals surface area contributed by atoms with E-state index in [1.165, 1.54) is 22.3 Å². The normalized spacial score (nSPS) is 13.3. The molecule has 0 aliphatic heterocycles. The Morgan fingerprint density at radius 2 is 0.552 bits per heavy atom. The summed E-state index contributed by atoms with van der Waals surface area (Å²) in [5.41, 5.74) is 13.5. The number of methoxy groups -OCH3 is 1. The average Bonchev–Trinajstić information content (AvgIpc) is 3.04. The van der Waals surface area contributed by atoms with Crippen LogP contribution in [0.3, 0.4) is 0 Å². The topological polar surface area (TPSA) is 69.9 Å². The molecule has 58 heavy (non-hydrogen) atoms. The number of hydrogen-bond acceptors (Lipinski definition) is 4. The molecule has 0 unspecified atom stereocenters. The molecule has 0 saturated carbocycles. The van der Waals surface area contributed by atoms with Gasteiger partial charge >= 0.3 is 0 Å². The summed E-state index contributed by atoms with van der Waals surface area (Å²) >= 11 is 0. The summed E-state index contributed by atoms with van der Waals surface area (Å²) in [5.74, 6) is 2.04. The molecule has 0 atom stereocenters. The fourth-order valence-electron chi connectivity index (χ4n) is 8.54. The molecule has 318 valence electrons. The lowest BCUT2D eigenvalue weighted by Gasteiger charge is -2.30. The smallest absolute Gasteiger partial charge is 0.126 e. The second kappa shape index (κ2) is 15.6. The van der Waals surface area contributed by atoms with Crippen molar-refractivity contribution in [1.82, 2.24) is 0 Å². The molecule has 0 amide bonds. The van der Waals surface area contributed by atoms with E-state index < -0.39 is 0 Å². The largest absolute Gasteiger partial charge is 0.507 e. The van der Waals surface area contributed by atoms with Crippen molar-refractivity contribution in [2.45, 2.75) is 190 Å². The minimum absolute atomic E-state index is 0.247. The molecule has 0 aromatic heterocycles. The molecule has 0 spiro atoms. The predicted molar refractivity (Wildman–Crippen MR) is 247 cm³/mol. The van der Waals surface area contributed by atoms with Gasteiger partial charge < -0.3 is 20.1 Å². The Kier molecular flexibility index (Phi) is 12.6. The molecule has 0 aliphatic rings. The van der Waals surface area contributed by atoms with E-state index >= 15 is 0 Å². The van der Waals surface area contributed by atoms with Crippen LogP contribution >= 0.6 is 0 Å². The molecule has 3 N–H and O–H groups in total. The zero-order chi connectivity index (χ0) is 44.5. The van der Waals surface area contributed by atoms with E-state index in [2.05, 4.69) is 175 Å². The Morgan fingerprint density at radius 3 is 0.724 bits per heavy atom. The molecule has 4 rings (SSSR count). The third kappa shape index (κ3) is 9.75. The monoisotopic (exact) mass is 791 g/mol. The summed E-state index contributed by atoms with van der Waals surface area (Å²) in [6.45, 7) is 43.5. The van der Waals surface area contributed by atoms with Gasteiger partial charge in [0.15, 0.2) is 0 Å². The minimum Gasteiger partial charge on any atom is -0.507 e. The quantitative estimate of drug-likeness (QED) is 0.174. The lowest BCUT2D eigenvalue weighted by atomic mass is 9.76. The van der Waals surface area contributed by atoms with E-state index in [1.54, 1.807) is 7.11 Å². The zero-order valence-corrected chi connectivity index (χ0v) is 40.3. The van der Waals surface area contributed by atoms with Crippen molar-refractivity contribution in [2.75, 3.05) is 7.11 Å². The van der Waals surface area contributed by atoms with Gasteiger partial charge in [-0.15, -0.1) is 0 Å². The van der Waals surface area contributed by atoms with Crippen LogP contribution in [0.5, 0.6) is 23.0 Å². The van der Waals surface area contributed by atoms with Crippen LogP contribution in [0, 0.1) is 13.8 Å². The van der Waals surface area contributed by atoms with Crippen molar-refractivity contribution in [3.8, 4) is 23.0 Å². The zero-order valence-electron chi connectivity index (χ0n) is 40.3. The van der Waals surface area contributed by atoms with Crippen LogP contribution in [0.4, 0.5) is 0 Å². The van der Waals surface area contributed by atoms with Crippen LogP contribution in [0.2, 0.25) is 0 Å². The van der Waals surface area contributed by atoms with E-state index in [9.17, 15) is 15.3 Å². The highest BCUT2D eigenvalue weighted by Crippen LogP contribution is 2.46. The van der Waals surface area contributed by atoms with Gasteiger partial charge in [-0.05, 0) is 120 Å². The van der Waals surface area contributed by atoms with Crippen molar-refractivity contribution in [3.63, 3.8) is 0 Å². The Balaban J connectivity index is 2.14. The highest BCUT2D eigenvalue weighted by Gasteiger charge is 2.31. The molecule has 4 nitrogen and oxygen atoms in total. The maximum atomic E-state index is 11.7. The van der Waals surface area contributed by atoms with Crippen LogP contribution in [0.1, 0.15) is 203 Å². The van der Waals surface area contributed by atoms with Gasteiger partial charge in [0.25, 0.3) is 0 Å². The van der Waals surface area contributed by atoms with Crippen LogP contribution in [-0.4, -0.2) is 22.4 Å². The van der Waals surface area contributed by atoms with Gasteiger partial charge in [0.1, 0.15) is 23.0 Å². The molecule has 0 radical (unpaired) electrons. The molecule has 4 heteroatoms. The fraction of sp³-hybridized carbons (Fsp3) is 0.556. The first kappa shape index (κ1) is 46.8. The molecule has 0 bridgehead atoms. The molecular weight excluding hydrogens is 713 g/mol. The van der Waals surface area contributed by atoms with E-state index in [0.717, 1.165) is 61.4 Å². The summed E-state index contributed by atoms with van der Waals surface area (Å²) < 4.78 is 6.54. The van der Waals surface area contributed by atoms with Crippen LogP contribution in [-0.2, 0) is 51.8 Å². The SMILES string of the molecule is COc1c(Cc2cc(C(C)(C)C)c(O)c(C(C)(C)C)c2)c(C)c(Cc2cc(C(C)(C)C)c(O)c(C(C)(C)C)c2)c(C)c1Cc1cc(C(C)(C)C)c(O)c(C(C)(C)C)c1. The van der Waals surface area contributed by atoms with E-state index in [1.807, 2.05) is 0 Å². The number of ether oxygens (including phenoxy) is 1. The van der Waals surface area contributed by atoms with Crippen LogP contribution in [0.25, 0.3) is 0 Å². The van der Waals surface area contributed by atoms with Crippen LogP contribution < -0.4 is 4.74 Å². The molecule has 0 heterocycles. The van der Waals surface area contributed by atoms with Gasteiger partial charge in [-0.1, -0.05) is 161 Å². The first-order valence-corrected chi connectivity index (χ1v) is 21.4. The van der Waals surface area contributed by atoms with Crippen LogP contribution in [0.15, 0.2) is 36.4 Å². The van der Waals surface area contributed by atoms with E-state index in [0.29, 0.717) is 36.5 Å². The molecular formula is C54H78O4. The Hall–Kier alpha value is -3.92. The summed E-state index contributed by atoms with van der Waals surface area (Å²) in [7, 11) is 1.79. The summed E-state index contributed by atoms with van der Waals surface area (Å²) in [5, 5.41) is 35.0. The number of phenols is 3. The van der Waals surface area contributed by atoms with Crippen molar-refractivity contribution in [2.24, 2.45) is 0 Å². The van der Waals surface area contributed by atoms with Gasteiger partial charge in [0.2, 0.25) is 0 Å². The van der Waals surface area contributed by atoms with Crippen molar-refractivity contribution in [3.05, 3.63) is 114 Å². The lowest BCUT2D eigenvalue weighted by Crippen LogP contribution is -2.19. The second-order valence-electron chi connectivity index (χ2n) is 23.4. The predicted octanol–water partition coefficient (Wildman–Crippen LogP) is 14.0. The number of benzene rings is 4. The maximum absolute atomic E-state index is 11.7. The number of rotatable bonds is 7. The first-order valence-electron chi connectivity index (χ1n) is 21.4. The molecule has 0 fully saturated rings. The highest BCUT2D eigenvalue weighted by atomic mass is 16.5. The lowest BCUT2D eigenvalue weighted by molar-refractivity contribution is 0.404. The van der Waals surface area contributed by atoms with Crippen molar-refractivity contribution in [1.29, 1.82) is 0 Å². The molecule has 4 aromatic rings. The average molecular weight is 791 g/mol. The van der Waals surface area contributed by atoms with Gasteiger partial charge in [0.05, 0.1) is 7.11 Å².